The molecule has 1 aromatic carbocycles. The average molecular weight is 302 g/mol. The highest BCUT2D eigenvalue weighted by atomic mass is 35.5. The third kappa shape index (κ3) is 3.42. The Morgan fingerprint density at radius 1 is 1.10 bits per heavy atom. The SMILES string of the molecule is CCc1ccc(Oc2ccc(Cl)c(C(F)(F)F)n2)cc1. The highest BCUT2D eigenvalue weighted by molar-refractivity contribution is 6.31. The lowest BCUT2D eigenvalue weighted by atomic mass is 10.2. The normalized spacial score (nSPS) is 11.4. The monoisotopic (exact) mass is 301 g/mol. The number of benzene rings is 1. The molecule has 0 aliphatic heterocycles. The predicted octanol–water partition coefficient (Wildman–Crippen LogP) is 5.11. The van der Waals surface area contributed by atoms with E-state index in [0.29, 0.717) is 5.75 Å². The lowest BCUT2D eigenvalue weighted by Crippen LogP contribution is -2.09. The van der Waals surface area contributed by atoms with Crippen LogP contribution in [0.5, 0.6) is 11.6 Å². The van der Waals surface area contributed by atoms with Crippen molar-refractivity contribution in [2.24, 2.45) is 0 Å². The van der Waals surface area contributed by atoms with E-state index >= 15 is 0 Å². The van der Waals surface area contributed by atoms with Gasteiger partial charge in [0.25, 0.3) is 0 Å². The zero-order valence-electron chi connectivity index (χ0n) is 10.5. The lowest BCUT2D eigenvalue weighted by molar-refractivity contribution is -0.141. The first-order valence-electron chi connectivity index (χ1n) is 5.90. The number of rotatable bonds is 3. The molecule has 0 saturated carbocycles. The van der Waals surface area contributed by atoms with Crippen LogP contribution in [0.4, 0.5) is 13.2 Å². The summed E-state index contributed by atoms with van der Waals surface area (Å²) in [6.45, 7) is 2.01. The van der Waals surface area contributed by atoms with E-state index in [1.807, 2.05) is 19.1 Å². The van der Waals surface area contributed by atoms with E-state index in [1.54, 1.807) is 12.1 Å². The van der Waals surface area contributed by atoms with Gasteiger partial charge in [-0.05, 0) is 30.2 Å². The molecule has 1 heterocycles. The summed E-state index contributed by atoms with van der Waals surface area (Å²) < 4.78 is 43.3. The molecule has 20 heavy (non-hydrogen) atoms. The molecule has 0 N–H and O–H groups in total. The fourth-order valence-corrected chi connectivity index (χ4v) is 1.81. The molecule has 0 radical (unpaired) electrons. The summed E-state index contributed by atoms with van der Waals surface area (Å²) in [6, 6.07) is 9.47. The van der Waals surface area contributed by atoms with Crippen molar-refractivity contribution in [3.63, 3.8) is 0 Å². The van der Waals surface area contributed by atoms with Crippen LogP contribution in [0.1, 0.15) is 18.2 Å². The minimum atomic E-state index is -4.61. The summed E-state index contributed by atoms with van der Waals surface area (Å²) in [4.78, 5) is 3.40. The summed E-state index contributed by atoms with van der Waals surface area (Å²) in [7, 11) is 0. The molecule has 0 spiro atoms. The molecule has 0 unspecified atom stereocenters. The Kier molecular flexibility index (Phi) is 4.18. The molecule has 0 aliphatic rings. The van der Waals surface area contributed by atoms with Gasteiger partial charge in [-0.3, -0.25) is 0 Å². The molecule has 1 aromatic heterocycles. The van der Waals surface area contributed by atoms with Gasteiger partial charge in [-0.1, -0.05) is 30.7 Å². The van der Waals surface area contributed by atoms with Gasteiger partial charge < -0.3 is 4.74 Å². The first-order valence-corrected chi connectivity index (χ1v) is 6.28. The Morgan fingerprint density at radius 3 is 2.30 bits per heavy atom. The van der Waals surface area contributed by atoms with Crippen molar-refractivity contribution in [3.8, 4) is 11.6 Å². The van der Waals surface area contributed by atoms with Crippen molar-refractivity contribution in [1.82, 2.24) is 4.98 Å². The quantitative estimate of drug-likeness (QED) is 0.786. The second kappa shape index (κ2) is 5.71. The Balaban J connectivity index is 2.25. The number of hydrogen-bond donors (Lipinski definition) is 0. The van der Waals surface area contributed by atoms with Gasteiger partial charge in [0.2, 0.25) is 5.88 Å². The first-order chi connectivity index (χ1) is 9.40. The van der Waals surface area contributed by atoms with Crippen molar-refractivity contribution in [3.05, 3.63) is 52.7 Å². The van der Waals surface area contributed by atoms with Crippen LogP contribution in [0.15, 0.2) is 36.4 Å². The molecule has 0 saturated heterocycles. The van der Waals surface area contributed by atoms with E-state index in [4.69, 9.17) is 16.3 Å². The standard InChI is InChI=1S/C14H11ClF3NO/c1-2-9-3-5-10(6-4-9)20-12-8-7-11(15)13(19-12)14(16,17)18/h3-8H,2H2,1H3. The number of nitrogens with zero attached hydrogens (tertiary/aromatic N) is 1. The third-order valence-corrected chi connectivity index (χ3v) is 2.95. The Morgan fingerprint density at radius 2 is 1.75 bits per heavy atom. The summed E-state index contributed by atoms with van der Waals surface area (Å²) in [6.07, 6.45) is -3.74. The number of aromatic nitrogens is 1. The maximum atomic E-state index is 12.7. The zero-order valence-corrected chi connectivity index (χ0v) is 11.3. The van der Waals surface area contributed by atoms with Crippen LogP contribution < -0.4 is 4.74 Å². The van der Waals surface area contributed by atoms with Crippen LogP contribution >= 0.6 is 11.6 Å². The van der Waals surface area contributed by atoms with Gasteiger partial charge in [0.1, 0.15) is 5.75 Å². The van der Waals surface area contributed by atoms with Crippen molar-refractivity contribution in [2.45, 2.75) is 19.5 Å². The molecule has 0 fully saturated rings. The van der Waals surface area contributed by atoms with Crippen LogP contribution in [0, 0.1) is 0 Å². The van der Waals surface area contributed by atoms with Crippen molar-refractivity contribution in [2.75, 3.05) is 0 Å². The predicted molar refractivity (Wildman–Crippen MR) is 70.1 cm³/mol. The zero-order chi connectivity index (χ0) is 14.8. The summed E-state index contributed by atoms with van der Waals surface area (Å²) in [5.74, 6) is 0.274. The fraction of sp³-hybridized carbons (Fsp3) is 0.214. The van der Waals surface area contributed by atoms with Crippen molar-refractivity contribution >= 4 is 11.6 Å². The molecular formula is C14H11ClF3NO. The molecule has 6 heteroatoms. The molecule has 0 aliphatic carbocycles. The van der Waals surface area contributed by atoms with Gasteiger partial charge in [-0.25, -0.2) is 4.98 Å². The van der Waals surface area contributed by atoms with Crippen LogP contribution in [0.25, 0.3) is 0 Å². The third-order valence-electron chi connectivity index (χ3n) is 2.64. The molecule has 2 rings (SSSR count). The average Bonchev–Trinajstić information content (AvgIpc) is 2.40. The number of pyridine rings is 1. The van der Waals surface area contributed by atoms with Gasteiger partial charge in [-0.2, -0.15) is 13.2 Å². The number of ether oxygens (including phenoxy) is 1. The molecule has 0 atom stereocenters. The maximum Gasteiger partial charge on any atom is 0.434 e. The van der Waals surface area contributed by atoms with Gasteiger partial charge in [-0.15, -0.1) is 0 Å². The van der Waals surface area contributed by atoms with E-state index in [9.17, 15) is 13.2 Å². The van der Waals surface area contributed by atoms with E-state index < -0.39 is 16.9 Å². The molecule has 106 valence electrons. The number of halogens is 4. The summed E-state index contributed by atoms with van der Waals surface area (Å²) in [5, 5.41) is -0.453. The topological polar surface area (TPSA) is 22.1 Å². The summed E-state index contributed by atoms with van der Waals surface area (Å²) >= 11 is 5.49. The van der Waals surface area contributed by atoms with E-state index in [1.165, 1.54) is 6.07 Å². The largest absolute Gasteiger partial charge is 0.439 e. The highest BCUT2D eigenvalue weighted by Gasteiger charge is 2.35. The molecule has 0 bridgehead atoms. The van der Waals surface area contributed by atoms with Crippen LogP contribution in [0.2, 0.25) is 5.02 Å². The minimum absolute atomic E-state index is 0.147. The van der Waals surface area contributed by atoms with Crippen LogP contribution in [0.3, 0.4) is 0 Å². The Labute approximate surface area is 119 Å². The van der Waals surface area contributed by atoms with Gasteiger partial charge in [0.15, 0.2) is 5.69 Å². The highest BCUT2D eigenvalue weighted by Crippen LogP contribution is 2.35. The van der Waals surface area contributed by atoms with Gasteiger partial charge >= 0.3 is 6.18 Å². The Bertz CT molecular complexity index is 596. The van der Waals surface area contributed by atoms with E-state index in [-0.39, 0.29) is 5.88 Å². The number of hydrogen-bond acceptors (Lipinski definition) is 2. The lowest BCUT2D eigenvalue weighted by Gasteiger charge is -2.10. The first kappa shape index (κ1) is 14.7. The second-order valence-electron chi connectivity index (χ2n) is 4.08. The van der Waals surface area contributed by atoms with E-state index in [0.717, 1.165) is 18.1 Å². The minimum Gasteiger partial charge on any atom is -0.439 e. The summed E-state index contributed by atoms with van der Waals surface area (Å²) in [5.41, 5.74) is -0.0424. The van der Waals surface area contributed by atoms with Crippen molar-refractivity contribution < 1.29 is 17.9 Å². The molecule has 0 amide bonds. The number of aryl methyl sites for hydroxylation is 1. The van der Waals surface area contributed by atoms with Gasteiger partial charge in [0, 0.05) is 6.07 Å². The van der Waals surface area contributed by atoms with Crippen molar-refractivity contribution in [1.29, 1.82) is 0 Å². The molecule has 2 nitrogen and oxygen atoms in total. The molecule has 2 aromatic rings. The van der Waals surface area contributed by atoms with Gasteiger partial charge in [0.05, 0.1) is 5.02 Å². The second-order valence-corrected chi connectivity index (χ2v) is 4.48. The van der Waals surface area contributed by atoms with E-state index in [2.05, 4.69) is 4.98 Å². The van der Waals surface area contributed by atoms with Crippen LogP contribution in [-0.2, 0) is 12.6 Å². The smallest absolute Gasteiger partial charge is 0.434 e. The van der Waals surface area contributed by atoms with Crippen LogP contribution in [-0.4, -0.2) is 4.98 Å². The maximum absolute atomic E-state index is 12.7. The Hall–Kier alpha value is -1.75. The molecular weight excluding hydrogens is 291 g/mol. The fourth-order valence-electron chi connectivity index (χ4n) is 1.59. The number of alkyl halides is 3.